The first-order chi connectivity index (χ1) is 8.59. The molecule has 0 aromatic carbocycles. The number of carbonyl (C=O) groups excluding carboxylic acids is 2. The summed E-state index contributed by atoms with van der Waals surface area (Å²) in [4.78, 5) is 25.5. The Morgan fingerprint density at radius 2 is 2.06 bits per heavy atom. The number of nitrogens with zero attached hydrogens (tertiary/aromatic N) is 1. The predicted molar refractivity (Wildman–Crippen MR) is 68.7 cm³/mol. The molecule has 0 aliphatic carbocycles. The molecular weight excluding hydrogens is 230 g/mol. The summed E-state index contributed by atoms with van der Waals surface area (Å²) in [6.07, 6.45) is 3.92. The lowest BCUT2D eigenvalue weighted by Crippen LogP contribution is -2.55. The number of amides is 2. The Bertz CT molecular complexity index is 332. The molecule has 3 unspecified atom stereocenters. The van der Waals surface area contributed by atoms with Crippen molar-refractivity contribution in [3.63, 3.8) is 0 Å². The van der Waals surface area contributed by atoms with E-state index in [0.717, 1.165) is 38.8 Å². The first-order valence-corrected chi connectivity index (χ1v) is 6.91. The fourth-order valence-corrected chi connectivity index (χ4v) is 2.99. The van der Waals surface area contributed by atoms with Crippen LogP contribution in [0.25, 0.3) is 0 Å². The molecule has 0 bridgehead atoms. The lowest BCUT2D eigenvalue weighted by molar-refractivity contribution is -0.138. The average molecular weight is 253 g/mol. The Morgan fingerprint density at radius 1 is 1.28 bits per heavy atom. The smallest absolute Gasteiger partial charge is 0.240 e. The molecule has 0 spiro atoms. The molecule has 102 valence electrons. The van der Waals surface area contributed by atoms with Gasteiger partial charge in [-0.2, -0.15) is 0 Å². The standard InChI is InChI=1S/C13H23N3O2/c1-9-4-2-6-15-11(9)13(18)16-7-3-5-10(8-16)12(14)17/h9-11,15H,2-8H2,1H3,(H2,14,17). The van der Waals surface area contributed by atoms with Gasteiger partial charge in [-0.15, -0.1) is 0 Å². The van der Waals surface area contributed by atoms with Gasteiger partial charge < -0.3 is 16.0 Å². The van der Waals surface area contributed by atoms with Gasteiger partial charge in [-0.25, -0.2) is 0 Å². The molecule has 3 N–H and O–H groups in total. The molecule has 2 aliphatic heterocycles. The van der Waals surface area contributed by atoms with E-state index in [-0.39, 0.29) is 23.8 Å². The molecular formula is C13H23N3O2. The quantitative estimate of drug-likeness (QED) is 0.733. The van der Waals surface area contributed by atoms with E-state index >= 15 is 0 Å². The molecule has 0 aromatic heterocycles. The van der Waals surface area contributed by atoms with Gasteiger partial charge in [-0.1, -0.05) is 6.92 Å². The summed E-state index contributed by atoms with van der Waals surface area (Å²) in [7, 11) is 0. The number of primary amides is 1. The van der Waals surface area contributed by atoms with E-state index < -0.39 is 0 Å². The zero-order valence-corrected chi connectivity index (χ0v) is 11.0. The van der Waals surface area contributed by atoms with Crippen molar-refractivity contribution in [3.05, 3.63) is 0 Å². The summed E-state index contributed by atoms with van der Waals surface area (Å²) in [6.45, 7) is 4.28. The summed E-state index contributed by atoms with van der Waals surface area (Å²) in [5, 5.41) is 3.30. The summed E-state index contributed by atoms with van der Waals surface area (Å²) in [5.74, 6) is 0.0760. The van der Waals surface area contributed by atoms with Crippen LogP contribution in [0, 0.1) is 11.8 Å². The molecule has 0 aromatic rings. The zero-order chi connectivity index (χ0) is 13.1. The lowest BCUT2D eigenvalue weighted by atomic mass is 9.90. The van der Waals surface area contributed by atoms with Crippen molar-refractivity contribution >= 4 is 11.8 Å². The van der Waals surface area contributed by atoms with Crippen molar-refractivity contribution in [2.75, 3.05) is 19.6 Å². The Kier molecular flexibility index (Phi) is 4.22. The third-order valence-electron chi connectivity index (χ3n) is 4.17. The molecule has 0 radical (unpaired) electrons. The highest BCUT2D eigenvalue weighted by Gasteiger charge is 2.34. The van der Waals surface area contributed by atoms with Gasteiger partial charge in [0.2, 0.25) is 11.8 Å². The largest absolute Gasteiger partial charge is 0.369 e. The fraction of sp³-hybridized carbons (Fsp3) is 0.846. The maximum Gasteiger partial charge on any atom is 0.240 e. The monoisotopic (exact) mass is 253 g/mol. The van der Waals surface area contributed by atoms with E-state index in [2.05, 4.69) is 12.2 Å². The third-order valence-corrected chi connectivity index (χ3v) is 4.17. The van der Waals surface area contributed by atoms with Gasteiger partial charge in [-0.05, 0) is 38.1 Å². The molecule has 18 heavy (non-hydrogen) atoms. The van der Waals surface area contributed by atoms with Gasteiger partial charge in [-0.3, -0.25) is 9.59 Å². The Morgan fingerprint density at radius 3 is 2.72 bits per heavy atom. The van der Waals surface area contributed by atoms with Crippen molar-refractivity contribution < 1.29 is 9.59 Å². The molecule has 3 atom stereocenters. The summed E-state index contributed by atoms with van der Waals surface area (Å²) in [6, 6.07) is -0.0784. The summed E-state index contributed by atoms with van der Waals surface area (Å²) < 4.78 is 0. The second kappa shape index (κ2) is 5.69. The van der Waals surface area contributed by atoms with Crippen LogP contribution in [0.5, 0.6) is 0 Å². The van der Waals surface area contributed by atoms with Crippen LogP contribution in [0.3, 0.4) is 0 Å². The number of carbonyl (C=O) groups is 2. The van der Waals surface area contributed by atoms with E-state index in [0.29, 0.717) is 12.5 Å². The van der Waals surface area contributed by atoms with Crippen LogP contribution in [0.4, 0.5) is 0 Å². The van der Waals surface area contributed by atoms with Gasteiger partial charge in [0, 0.05) is 13.1 Å². The van der Waals surface area contributed by atoms with Crippen molar-refractivity contribution in [2.45, 2.75) is 38.6 Å². The molecule has 2 heterocycles. The van der Waals surface area contributed by atoms with Crippen LogP contribution in [0.15, 0.2) is 0 Å². The van der Waals surface area contributed by atoms with E-state index in [1.165, 1.54) is 0 Å². The second-order valence-electron chi connectivity index (χ2n) is 5.58. The molecule has 0 saturated carbocycles. The number of piperidine rings is 2. The number of likely N-dealkylation sites (tertiary alicyclic amines) is 1. The number of nitrogens with two attached hydrogens (primary N) is 1. The highest BCUT2D eigenvalue weighted by atomic mass is 16.2. The Labute approximate surface area is 108 Å². The van der Waals surface area contributed by atoms with Gasteiger partial charge in [0.15, 0.2) is 0 Å². The van der Waals surface area contributed by atoms with Gasteiger partial charge in [0.25, 0.3) is 0 Å². The lowest BCUT2D eigenvalue weighted by Gasteiger charge is -2.37. The minimum atomic E-state index is -0.280. The Hall–Kier alpha value is -1.10. The average Bonchev–Trinajstić information content (AvgIpc) is 2.38. The van der Waals surface area contributed by atoms with E-state index in [9.17, 15) is 9.59 Å². The molecule has 2 aliphatic rings. The van der Waals surface area contributed by atoms with Crippen LogP contribution in [0.2, 0.25) is 0 Å². The topological polar surface area (TPSA) is 75.4 Å². The highest BCUT2D eigenvalue weighted by Crippen LogP contribution is 2.21. The third kappa shape index (κ3) is 2.83. The SMILES string of the molecule is CC1CCCNC1C(=O)N1CCCC(C(N)=O)C1. The van der Waals surface area contributed by atoms with Crippen LogP contribution in [-0.4, -0.2) is 42.4 Å². The molecule has 2 fully saturated rings. The minimum absolute atomic E-state index is 0.0784. The number of nitrogens with one attached hydrogen (secondary N) is 1. The summed E-state index contributed by atoms with van der Waals surface area (Å²) >= 11 is 0. The van der Waals surface area contributed by atoms with Crippen LogP contribution < -0.4 is 11.1 Å². The van der Waals surface area contributed by atoms with Crippen molar-refractivity contribution in [1.29, 1.82) is 0 Å². The van der Waals surface area contributed by atoms with E-state index in [1.807, 2.05) is 4.90 Å². The zero-order valence-electron chi connectivity index (χ0n) is 11.0. The van der Waals surface area contributed by atoms with Crippen LogP contribution in [0.1, 0.15) is 32.6 Å². The van der Waals surface area contributed by atoms with Crippen LogP contribution in [-0.2, 0) is 9.59 Å². The Balaban J connectivity index is 1.97. The fourth-order valence-electron chi connectivity index (χ4n) is 2.99. The van der Waals surface area contributed by atoms with Crippen molar-refractivity contribution in [1.82, 2.24) is 10.2 Å². The summed E-state index contributed by atoms with van der Waals surface area (Å²) in [5.41, 5.74) is 5.34. The predicted octanol–water partition coefficient (Wildman–Crippen LogP) is 0.0984. The molecule has 2 rings (SSSR count). The molecule has 2 saturated heterocycles. The molecule has 5 nitrogen and oxygen atoms in total. The van der Waals surface area contributed by atoms with Gasteiger partial charge in [0.1, 0.15) is 0 Å². The first-order valence-electron chi connectivity index (χ1n) is 6.91. The minimum Gasteiger partial charge on any atom is -0.369 e. The second-order valence-corrected chi connectivity index (χ2v) is 5.58. The maximum atomic E-state index is 12.4. The number of hydrogen-bond donors (Lipinski definition) is 2. The highest BCUT2D eigenvalue weighted by molar-refractivity contribution is 5.84. The van der Waals surface area contributed by atoms with Crippen LogP contribution >= 0.6 is 0 Å². The van der Waals surface area contributed by atoms with Crippen molar-refractivity contribution in [3.8, 4) is 0 Å². The van der Waals surface area contributed by atoms with Crippen molar-refractivity contribution in [2.24, 2.45) is 17.6 Å². The van der Waals surface area contributed by atoms with E-state index in [1.54, 1.807) is 0 Å². The molecule has 2 amide bonds. The van der Waals surface area contributed by atoms with Gasteiger partial charge in [0.05, 0.1) is 12.0 Å². The van der Waals surface area contributed by atoms with Gasteiger partial charge >= 0.3 is 0 Å². The molecule has 5 heteroatoms. The maximum absolute atomic E-state index is 12.4. The number of hydrogen-bond acceptors (Lipinski definition) is 3. The first kappa shape index (κ1) is 13.3. The normalized spacial score (nSPS) is 33.2. The number of rotatable bonds is 2. The van der Waals surface area contributed by atoms with E-state index in [4.69, 9.17) is 5.73 Å².